The van der Waals surface area contributed by atoms with Crippen LogP contribution in [0.25, 0.3) is 11.0 Å². The van der Waals surface area contributed by atoms with Crippen LogP contribution in [0.4, 0.5) is 5.13 Å². The molecule has 0 amide bonds. The Balaban J connectivity index is 1.71. The summed E-state index contributed by atoms with van der Waals surface area (Å²) in [5, 5.41) is 4.11. The number of methoxy groups -OCH3 is 1. The zero-order chi connectivity index (χ0) is 15.5. The smallest absolute Gasteiger partial charge is 0.202 e. The minimum Gasteiger partial charge on any atom is -0.384 e. The second-order valence-corrected chi connectivity index (χ2v) is 5.94. The molecular weight excluding hydrogens is 298 g/mol. The van der Waals surface area contributed by atoms with Crippen molar-refractivity contribution in [3.63, 3.8) is 0 Å². The van der Waals surface area contributed by atoms with Gasteiger partial charge in [-0.1, -0.05) is 6.07 Å². The topological polar surface area (TPSA) is 64.9 Å². The summed E-state index contributed by atoms with van der Waals surface area (Å²) in [7, 11) is 3.71. The van der Waals surface area contributed by atoms with Crippen LogP contribution in [0.15, 0.2) is 18.2 Å². The van der Waals surface area contributed by atoms with Crippen LogP contribution < -0.4 is 5.32 Å². The first-order valence-electron chi connectivity index (χ1n) is 7.14. The Morgan fingerprint density at radius 2 is 2.18 bits per heavy atom. The average Bonchev–Trinajstić information content (AvgIpc) is 3.08. The number of benzene rings is 1. The minimum atomic E-state index is 0.628. The minimum absolute atomic E-state index is 0.628. The Labute approximate surface area is 133 Å². The number of nitrogens with one attached hydrogen (secondary N) is 1. The normalized spacial score (nSPS) is 11.2. The Bertz CT molecular complexity index is 779. The molecule has 2 aromatic heterocycles. The van der Waals surface area contributed by atoms with E-state index < -0.39 is 0 Å². The molecule has 0 bridgehead atoms. The third kappa shape index (κ3) is 3.10. The summed E-state index contributed by atoms with van der Waals surface area (Å²) < 4.78 is 11.4. The lowest BCUT2D eigenvalue weighted by molar-refractivity contribution is 0.201. The molecule has 3 rings (SSSR count). The van der Waals surface area contributed by atoms with Gasteiger partial charge < -0.3 is 14.6 Å². The molecule has 6 nitrogen and oxygen atoms in total. The highest BCUT2D eigenvalue weighted by Crippen LogP contribution is 2.18. The van der Waals surface area contributed by atoms with E-state index in [9.17, 15) is 0 Å². The van der Waals surface area contributed by atoms with Crippen LogP contribution in [-0.2, 0) is 24.8 Å². The number of ether oxygens (including phenoxy) is 1. The zero-order valence-electron chi connectivity index (χ0n) is 13.0. The molecule has 0 aliphatic heterocycles. The van der Waals surface area contributed by atoms with E-state index in [2.05, 4.69) is 49.3 Å². The molecule has 0 unspecified atom stereocenters. The molecule has 22 heavy (non-hydrogen) atoms. The largest absolute Gasteiger partial charge is 0.384 e. The maximum atomic E-state index is 5.03. The SMILES string of the molecule is COCCc1nsc(NCc2nc3cc(C)ccc3n2C)n1. The summed E-state index contributed by atoms with van der Waals surface area (Å²) in [6.45, 7) is 3.35. The van der Waals surface area contributed by atoms with E-state index in [0.717, 1.165) is 34.2 Å². The van der Waals surface area contributed by atoms with Crippen molar-refractivity contribution < 1.29 is 4.74 Å². The summed E-state index contributed by atoms with van der Waals surface area (Å²) in [6.07, 6.45) is 0.736. The van der Waals surface area contributed by atoms with Crippen LogP contribution in [0.2, 0.25) is 0 Å². The van der Waals surface area contributed by atoms with Crippen molar-refractivity contribution in [2.75, 3.05) is 19.0 Å². The van der Waals surface area contributed by atoms with E-state index in [-0.39, 0.29) is 0 Å². The highest BCUT2D eigenvalue weighted by molar-refractivity contribution is 7.09. The van der Waals surface area contributed by atoms with Gasteiger partial charge in [0.25, 0.3) is 0 Å². The molecule has 0 spiro atoms. The number of rotatable bonds is 6. The number of aromatic nitrogens is 4. The van der Waals surface area contributed by atoms with Gasteiger partial charge in [-0.15, -0.1) is 0 Å². The number of anilines is 1. The van der Waals surface area contributed by atoms with Crippen molar-refractivity contribution in [2.45, 2.75) is 19.9 Å². The van der Waals surface area contributed by atoms with Gasteiger partial charge >= 0.3 is 0 Å². The second-order valence-electron chi connectivity index (χ2n) is 5.19. The lowest BCUT2D eigenvalue weighted by Crippen LogP contribution is -2.06. The maximum absolute atomic E-state index is 5.03. The van der Waals surface area contributed by atoms with E-state index in [0.29, 0.717) is 13.2 Å². The predicted octanol–water partition coefficient (Wildman–Crippen LogP) is 2.53. The maximum Gasteiger partial charge on any atom is 0.202 e. The van der Waals surface area contributed by atoms with Gasteiger partial charge in [-0.2, -0.15) is 4.37 Å². The van der Waals surface area contributed by atoms with Crippen molar-refractivity contribution in [1.29, 1.82) is 0 Å². The average molecular weight is 317 g/mol. The van der Waals surface area contributed by atoms with E-state index in [1.165, 1.54) is 17.1 Å². The second kappa shape index (κ2) is 6.41. The molecule has 0 aliphatic rings. The molecule has 0 saturated heterocycles. The molecule has 1 N–H and O–H groups in total. The van der Waals surface area contributed by atoms with Crippen LogP contribution in [0.1, 0.15) is 17.2 Å². The molecule has 2 heterocycles. The van der Waals surface area contributed by atoms with Gasteiger partial charge in [-0.05, 0) is 24.6 Å². The van der Waals surface area contributed by atoms with E-state index in [1.54, 1.807) is 7.11 Å². The number of imidazole rings is 1. The number of aryl methyl sites for hydroxylation is 2. The molecule has 116 valence electrons. The molecule has 0 saturated carbocycles. The van der Waals surface area contributed by atoms with Crippen LogP contribution in [0.5, 0.6) is 0 Å². The van der Waals surface area contributed by atoms with Crippen LogP contribution in [0.3, 0.4) is 0 Å². The number of hydrogen-bond acceptors (Lipinski definition) is 6. The quantitative estimate of drug-likeness (QED) is 0.757. The summed E-state index contributed by atoms with van der Waals surface area (Å²) in [5.41, 5.74) is 3.38. The van der Waals surface area contributed by atoms with Gasteiger partial charge in [-0.25, -0.2) is 9.97 Å². The summed E-state index contributed by atoms with van der Waals surface area (Å²) in [6, 6.07) is 6.32. The Morgan fingerprint density at radius 3 is 3.00 bits per heavy atom. The van der Waals surface area contributed by atoms with Gasteiger partial charge in [0, 0.05) is 32.1 Å². The number of nitrogens with zero attached hydrogens (tertiary/aromatic N) is 4. The van der Waals surface area contributed by atoms with Crippen LogP contribution in [-0.4, -0.2) is 32.6 Å². The molecule has 0 radical (unpaired) electrons. The van der Waals surface area contributed by atoms with Gasteiger partial charge in [0.2, 0.25) is 5.13 Å². The predicted molar refractivity (Wildman–Crippen MR) is 88.3 cm³/mol. The van der Waals surface area contributed by atoms with Gasteiger partial charge in [-0.3, -0.25) is 0 Å². The summed E-state index contributed by atoms with van der Waals surface area (Å²) in [4.78, 5) is 9.12. The third-order valence-corrected chi connectivity index (χ3v) is 4.24. The van der Waals surface area contributed by atoms with Gasteiger partial charge in [0.15, 0.2) is 0 Å². The molecule has 0 aliphatic carbocycles. The van der Waals surface area contributed by atoms with E-state index in [1.807, 2.05) is 7.05 Å². The molecule has 0 atom stereocenters. The molecule has 7 heteroatoms. The van der Waals surface area contributed by atoms with Crippen molar-refractivity contribution in [1.82, 2.24) is 18.9 Å². The fourth-order valence-corrected chi connectivity index (χ4v) is 2.90. The van der Waals surface area contributed by atoms with Crippen molar-refractivity contribution in [2.24, 2.45) is 7.05 Å². The molecule has 0 fully saturated rings. The lowest BCUT2D eigenvalue weighted by atomic mass is 10.2. The fraction of sp³-hybridized carbons (Fsp3) is 0.400. The Morgan fingerprint density at radius 1 is 1.32 bits per heavy atom. The first kappa shape index (κ1) is 14.9. The first-order valence-corrected chi connectivity index (χ1v) is 7.92. The van der Waals surface area contributed by atoms with Crippen LogP contribution >= 0.6 is 11.5 Å². The van der Waals surface area contributed by atoms with E-state index in [4.69, 9.17) is 4.74 Å². The van der Waals surface area contributed by atoms with Crippen molar-refractivity contribution in [3.8, 4) is 0 Å². The molecule has 3 aromatic rings. The van der Waals surface area contributed by atoms with E-state index >= 15 is 0 Å². The molecular formula is C15H19N5OS. The monoisotopic (exact) mass is 317 g/mol. The standard InChI is InChI=1S/C15H19N5OS/c1-10-4-5-12-11(8-10)17-14(20(12)2)9-16-15-18-13(19-22-15)6-7-21-3/h4-5,8H,6-7,9H2,1-3H3,(H,16,18,19). The Hall–Kier alpha value is -1.99. The van der Waals surface area contributed by atoms with Crippen LogP contribution in [0, 0.1) is 6.92 Å². The first-order chi connectivity index (χ1) is 10.7. The zero-order valence-corrected chi connectivity index (χ0v) is 13.8. The highest BCUT2D eigenvalue weighted by Gasteiger charge is 2.09. The summed E-state index contributed by atoms with van der Waals surface area (Å²) >= 11 is 1.37. The van der Waals surface area contributed by atoms with Gasteiger partial charge in [0.05, 0.1) is 24.2 Å². The number of hydrogen-bond donors (Lipinski definition) is 1. The third-order valence-electron chi connectivity index (χ3n) is 3.52. The van der Waals surface area contributed by atoms with Gasteiger partial charge in [0.1, 0.15) is 11.6 Å². The van der Waals surface area contributed by atoms with Crippen molar-refractivity contribution >= 4 is 27.7 Å². The lowest BCUT2D eigenvalue weighted by Gasteiger charge is -2.03. The molecule has 1 aromatic carbocycles. The Kier molecular flexibility index (Phi) is 4.35. The number of fused-ring (bicyclic) bond motifs is 1. The fourth-order valence-electron chi connectivity index (χ4n) is 2.29. The highest BCUT2D eigenvalue weighted by atomic mass is 32.1. The van der Waals surface area contributed by atoms with Crippen molar-refractivity contribution in [3.05, 3.63) is 35.4 Å². The summed E-state index contributed by atoms with van der Waals surface area (Å²) in [5.74, 6) is 1.80.